The third-order valence-electron chi connectivity index (χ3n) is 4.36. The summed E-state index contributed by atoms with van der Waals surface area (Å²) in [5, 5.41) is 2.85. The standard InChI is InChI=1S/C15H18N2O2/c1-10(11-6-4-3-5-7-11)17-12-8-9-15(2,14(17)19)16-13(12)18/h3-7,10,12H,8-9H2,1-2H3,(H,16,18)/t10-,12-,15-/m1/s1. The summed E-state index contributed by atoms with van der Waals surface area (Å²) in [6, 6.07) is 9.49. The van der Waals surface area contributed by atoms with Gasteiger partial charge in [0, 0.05) is 0 Å². The van der Waals surface area contributed by atoms with Crippen molar-refractivity contribution in [3.05, 3.63) is 35.9 Å². The Morgan fingerprint density at radius 1 is 1.32 bits per heavy atom. The Morgan fingerprint density at radius 3 is 2.63 bits per heavy atom. The molecule has 4 nitrogen and oxygen atoms in total. The number of piperazine rings is 1. The van der Waals surface area contributed by atoms with Gasteiger partial charge in [0.05, 0.1) is 6.04 Å². The lowest BCUT2D eigenvalue weighted by Crippen LogP contribution is -2.73. The second-order valence-corrected chi connectivity index (χ2v) is 5.67. The Bertz CT molecular complexity index is 528. The first-order valence-electron chi connectivity index (χ1n) is 6.73. The topological polar surface area (TPSA) is 49.4 Å². The van der Waals surface area contributed by atoms with E-state index in [-0.39, 0.29) is 23.9 Å². The van der Waals surface area contributed by atoms with Crippen molar-refractivity contribution in [1.82, 2.24) is 10.2 Å². The van der Waals surface area contributed by atoms with Crippen molar-refractivity contribution < 1.29 is 9.59 Å². The summed E-state index contributed by atoms with van der Waals surface area (Å²) in [5.74, 6) is 0.0239. The molecule has 19 heavy (non-hydrogen) atoms. The molecular formula is C15H18N2O2. The molecule has 1 N–H and O–H groups in total. The molecule has 2 amide bonds. The highest BCUT2D eigenvalue weighted by Crippen LogP contribution is 2.37. The molecule has 0 radical (unpaired) electrons. The average Bonchev–Trinajstić information content (AvgIpc) is 2.41. The number of rotatable bonds is 2. The zero-order chi connectivity index (χ0) is 13.6. The molecule has 0 saturated carbocycles. The fraction of sp³-hybridized carbons (Fsp3) is 0.467. The van der Waals surface area contributed by atoms with Crippen LogP contribution in [0.1, 0.15) is 38.3 Å². The molecule has 3 saturated heterocycles. The van der Waals surface area contributed by atoms with Crippen molar-refractivity contribution in [3.63, 3.8) is 0 Å². The average molecular weight is 258 g/mol. The minimum absolute atomic E-state index is 0.0175. The zero-order valence-electron chi connectivity index (χ0n) is 11.2. The van der Waals surface area contributed by atoms with Gasteiger partial charge < -0.3 is 10.2 Å². The third-order valence-corrected chi connectivity index (χ3v) is 4.36. The van der Waals surface area contributed by atoms with Gasteiger partial charge in [0.2, 0.25) is 11.8 Å². The van der Waals surface area contributed by atoms with Gasteiger partial charge in [-0.15, -0.1) is 0 Å². The highest BCUT2D eigenvalue weighted by atomic mass is 16.2. The van der Waals surface area contributed by atoms with Crippen LogP contribution in [0.25, 0.3) is 0 Å². The maximum absolute atomic E-state index is 12.6. The van der Waals surface area contributed by atoms with Crippen molar-refractivity contribution in [2.24, 2.45) is 0 Å². The minimum atomic E-state index is -0.713. The minimum Gasteiger partial charge on any atom is -0.340 e. The van der Waals surface area contributed by atoms with Gasteiger partial charge in [-0.2, -0.15) is 0 Å². The molecule has 3 atom stereocenters. The summed E-state index contributed by atoms with van der Waals surface area (Å²) < 4.78 is 0. The number of amides is 2. The number of hydrogen-bond donors (Lipinski definition) is 1. The molecule has 3 aliphatic rings. The van der Waals surface area contributed by atoms with Crippen molar-refractivity contribution >= 4 is 11.8 Å². The maximum Gasteiger partial charge on any atom is 0.249 e. The predicted octanol–water partition coefficient (Wildman–Crippen LogP) is 1.63. The Balaban J connectivity index is 1.96. The number of nitrogens with one attached hydrogen (secondary N) is 1. The van der Waals surface area contributed by atoms with E-state index in [1.807, 2.05) is 44.2 Å². The van der Waals surface area contributed by atoms with E-state index < -0.39 is 5.54 Å². The maximum atomic E-state index is 12.6. The summed E-state index contributed by atoms with van der Waals surface area (Å²) >= 11 is 0. The first kappa shape index (κ1) is 12.2. The summed E-state index contributed by atoms with van der Waals surface area (Å²) in [5.41, 5.74) is 0.356. The molecule has 100 valence electrons. The lowest BCUT2D eigenvalue weighted by atomic mass is 9.80. The lowest BCUT2D eigenvalue weighted by Gasteiger charge is -2.51. The number of nitrogens with zero attached hydrogens (tertiary/aromatic N) is 1. The summed E-state index contributed by atoms with van der Waals surface area (Å²) in [4.78, 5) is 26.4. The second kappa shape index (κ2) is 4.08. The summed E-state index contributed by atoms with van der Waals surface area (Å²) in [6.45, 7) is 3.82. The van der Waals surface area contributed by atoms with E-state index in [2.05, 4.69) is 5.32 Å². The smallest absolute Gasteiger partial charge is 0.249 e. The summed E-state index contributed by atoms with van der Waals surface area (Å²) in [7, 11) is 0. The number of hydrogen-bond acceptors (Lipinski definition) is 2. The molecule has 1 aromatic carbocycles. The van der Waals surface area contributed by atoms with Crippen LogP contribution in [0.5, 0.6) is 0 Å². The fourth-order valence-corrected chi connectivity index (χ4v) is 3.16. The van der Waals surface area contributed by atoms with E-state index in [1.54, 1.807) is 4.90 Å². The van der Waals surface area contributed by atoms with Crippen molar-refractivity contribution in [1.29, 1.82) is 0 Å². The van der Waals surface area contributed by atoms with Crippen LogP contribution in [0, 0.1) is 0 Å². The lowest BCUT2D eigenvalue weighted by molar-refractivity contribution is -0.163. The molecule has 0 aliphatic carbocycles. The molecule has 4 rings (SSSR count). The number of piperidine rings is 2. The highest BCUT2D eigenvalue weighted by Gasteiger charge is 2.54. The second-order valence-electron chi connectivity index (χ2n) is 5.67. The molecule has 3 aliphatic heterocycles. The van der Waals surface area contributed by atoms with E-state index in [4.69, 9.17) is 0 Å². The molecule has 4 heteroatoms. The number of carbonyl (C=O) groups excluding carboxylic acids is 2. The van der Waals surface area contributed by atoms with Gasteiger partial charge in [-0.25, -0.2) is 0 Å². The molecule has 0 unspecified atom stereocenters. The van der Waals surface area contributed by atoms with Crippen molar-refractivity contribution in [2.75, 3.05) is 0 Å². The first-order chi connectivity index (χ1) is 9.03. The van der Waals surface area contributed by atoms with E-state index >= 15 is 0 Å². The Labute approximate surface area is 112 Å². The Hall–Kier alpha value is -1.84. The van der Waals surface area contributed by atoms with E-state index in [9.17, 15) is 9.59 Å². The van der Waals surface area contributed by atoms with Crippen molar-refractivity contribution in [2.45, 2.75) is 44.3 Å². The summed E-state index contributed by atoms with van der Waals surface area (Å²) in [6.07, 6.45) is 1.49. The quantitative estimate of drug-likeness (QED) is 0.876. The van der Waals surface area contributed by atoms with Crippen LogP contribution in [0.3, 0.4) is 0 Å². The fourth-order valence-electron chi connectivity index (χ4n) is 3.16. The van der Waals surface area contributed by atoms with E-state index in [1.165, 1.54) is 0 Å². The molecular weight excluding hydrogens is 240 g/mol. The monoisotopic (exact) mass is 258 g/mol. The van der Waals surface area contributed by atoms with Crippen LogP contribution >= 0.6 is 0 Å². The molecule has 0 aromatic heterocycles. The van der Waals surface area contributed by atoms with Crippen molar-refractivity contribution in [3.8, 4) is 0 Å². The van der Waals surface area contributed by atoms with Crippen LogP contribution in [0.4, 0.5) is 0 Å². The van der Waals surface area contributed by atoms with Gasteiger partial charge in [0.25, 0.3) is 0 Å². The highest BCUT2D eigenvalue weighted by molar-refractivity contribution is 6.01. The van der Waals surface area contributed by atoms with Gasteiger partial charge in [0.15, 0.2) is 0 Å². The SMILES string of the molecule is C[C@H](c1ccccc1)N1C(=O)[C@@]2(C)CC[C@@H]1C(=O)N2. The molecule has 0 spiro atoms. The number of carbonyl (C=O) groups is 2. The van der Waals surface area contributed by atoms with E-state index in [0.29, 0.717) is 0 Å². The zero-order valence-corrected chi connectivity index (χ0v) is 11.2. The first-order valence-corrected chi connectivity index (χ1v) is 6.73. The normalized spacial score (nSPS) is 31.3. The van der Waals surface area contributed by atoms with Crippen LogP contribution < -0.4 is 5.32 Å². The van der Waals surface area contributed by atoms with Gasteiger partial charge in [0.1, 0.15) is 11.6 Å². The molecule has 3 fully saturated rings. The number of benzene rings is 1. The number of fused-ring (bicyclic) bond motifs is 3. The third kappa shape index (κ3) is 1.74. The predicted molar refractivity (Wildman–Crippen MR) is 71.3 cm³/mol. The van der Waals surface area contributed by atoms with Crippen LogP contribution in [-0.4, -0.2) is 28.3 Å². The van der Waals surface area contributed by atoms with Gasteiger partial charge in [-0.3, -0.25) is 9.59 Å². The Morgan fingerprint density at radius 2 is 2.00 bits per heavy atom. The van der Waals surface area contributed by atoms with Crippen LogP contribution in [-0.2, 0) is 9.59 Å². The van der Waals surface area contributed by atoms with Gasteiger partial charge in [-0.1, -0.05) is 30.3 Å². The van der Waals surface area contributed by atoms with Gasteiger partial charge >= 0.3 is 0 Å². The van der Waals surface area contributed by atoms with Crippen LogP contribution in [0.2, 0.25) is 0 Å². The van der Waals surface area contributed by atoms with E-state index in [0.717, 1.165) is 18.4 Å². The molecule has 3 heterocycles. The van der Waals surface area contributed by atoms with Gasteiger partial charge in [-0.05, 0) is 32.3 Å². The van der Waals surface area contributed by atoms with Crippen LogP contribution in [0.15, 0.2) is 30.3 Å². The Kier molecular flexibility index (Phi) is 2.62. The molecule has 1 aromatic rings. The molecule has 2 bridgehead atoms. The largest absolute Gasteiger partial charge is 0.340 e.